The SMILES string of the molecule is CC(=O)O[C@@H]1C[C@H]2C(SC(C)=O)=Nc3cc4c(cc3CN2C1)OCO4. The van der Waals surface area contributed by atoms with Crippen molar-refractivity contribution in [3.05, 3.63) is 17.7 Å². The van der Waals surface area contributed by atoms with Crippen LogP contribution in [0.5, 0.6) is 11.5 Å². The summed E-state index contributed by atoms with van der Waals surface area (Å²) < 4.78 is 16.3. The van der Waals surface area contributed by atoms with Gasteiger partial charge in [0.15, 0.2) is 16.6 Å². The van der Waals surface area contributed by atoms with Gasteiger partial charge >= 0.3 is 5.97 Å². The molecule has 1 saturated heterocycles. The summed E-state index contributed by atoms with van der Waals surface area (Å²) in [5.74, 6) is 1.10. The Morgan fingerprint density at radius 3 is 2.76 bits per heavy atom. The summed E-state index contributed by atoms with van der Waals surface area (Å²) in [6, 6.07) is 3.77. The van der Waals surface area contributed by atoms with Gasteiger partial charge in [-0.25, -0.2) is 4.99 Å². The standard InChI is InChI=1S/C17H18N2O5S/c1-9(20)24-12-4-14-17(25-10(2)21)18-13-5-16-15(22-8-23-16)3-11(13)6-19(14)7-12/h3,5,12,14H,4,6-8H2,1-2H3/t12-,14+/m1/s1. The number of ether oxygens (including phenoxy) is 3. The Balaban J connectivity index is 1.70. The third-order valence-electron chi connectivity index (χ3n) is 4.41. The Labute approximate surface area is 149 Å². The molecule has 8 heteroatoms. The van der Waals surface area contributed by atoms with Gasteiger partial charge in [-0.3, -0.25) is 14.5 Å². The van der Waals surface area contributed by atoms with E-state index in [1.807, 2.05) is 12.1 Å². The molecule has 1 aromatic carbocycles. The molecule has 0 bridgehead atoms. The van der Waals surface area contributed by atoms with E-state index in [0.717, 1.165) is 28.1 Å². The van der Waals surface area contributed by atoms with Gasteiger partial charge in [-0.1, -0.05) is 0 Å². The van der Waals surface area contributed by atoms with Crippen LogP contribution in [0.15, 0.2) is 17.1 Å². The molecule has 25 heavy (non-hydrogen) atoms. The van der Waals surface area contributed by atoms with Crippen molar-refractivity contribution in [3.63, 3.8) is 0 Å². The number of esters is 1. The van der Waals surface area contributed by atoms with Crippen molar-refractivity contribution < 1.29 is 23.8 Å². The first kappa shape index (κ1) is 16.4. The fraction of sp³-hybridized carbons (Fsp3) is 0.471. The molecule has 0 amide bonds. The lowest BCUT2D eigenvalue weighted by atomic mass is 10.1. The molecule has 0 unspecified atom stereocenters. The van der Waals surface area contributed by atoms with E-state index in [2.05, 4.69) is 4.90 Å². The lowest BCUT2D eigenvalue weighted by Crippen LogP contribution is -2.33. The zero-order valence-electron chi connectivity index (χ0n) is 14.0. The Morgan fingerprint density at radius 1 is 1.28 bits per heavy atom. The smallest absolute Gasteiger partial charge is 0.302 e. The van der Waals surface area contributed by atoms with Gasteiger partial charge in [0, 0.05) is 39.4 Å². The number of fused-ring (bicyclic) bond motifs is 3. The number of carbonyl (C=O) groups is 2. The van der Waals surface area contributed by atoms with E-state index in [1.165, 1.54) is 13.8 Å². The van der Waals surface area contributed by atoms with E-state index in [-0.39, 0.29) is 30.0 Å². The third kappa shape index (κ3) is 3.23. The second kappa shape index (κ2) is 6.34. The monoisotopic (exact) mass is 362 g/mol. The first-order valence-corrected chi connectivity index (χ1v) is 8.92. The van der Waals surface area contributed by atoms with Crippen LogP contribution < -0.4 is 9.47 Å². The maximum Gasteiger partial charge on any atom is 0.302 e. The van der Waals surface area contributed by atoms with E-state index in [4.69, 9.17) is 19.2 Å². The summed E-state index contributed by atoms with van der Waals surface area (Å²) in [5, 5.41) is 0.721. The fourth-order valence-electron chi connectivity index (χ4n) is 3.47. The molecule has 0 radical (unpaired) electrons. The van der Waals surface area contributed by atoms with Crippen LogP contribution in [0.25, 0.3) is 0 Å². The molecule has 3 aliphatic rings. The highest BCUT2D eigenvalue weighted by atomic mass is 32.2. The molecule has 0 saturated carbocycles. The number of nitrogens with zero attached hydrogens (tertiary/aromatic N) is 2. The average Bonchev–Trinajstić information content (AvgIpc) is 3.09. The molecule has 3 heterocycles. The van der Waals surface area contributed by atoms with Crippen molar-refractivity contribution >= 4 is 33.6 Å². The number of thioether (sulfide) groups is 1. The van der Waals surface area contributed by atoms with E-state index < -0.39 is 0 Å². The summed E-state index contributed by atoms with van der Waals surface area (Å²) in [4.78, 5) is 30.0. The second-order valence-corrected chi connectivity index (χ2v) is 7.49. The lowest BCUT2D eigenvalue weighted by Gasteiger charge is -2.21. The summed E-state index contributed by atoms with van der Waals surface area (Å²) in [5.41, 5.74) is 1.81. The van der Waals surface area contributed by atoms with E-state index in [1.54, 1.807) is 0 Å². The van der Waals surface area contributed by atoms with Crippen LogP contribution >= 0.6 is 11.8 Å². The predicted molar refractivity (Wildman–Crippen MR) is 92.3 cm³/mol. The van der Waals surface area contributed by atoms with E-state index in [0.29, 0.717) is 31.0 Å². The molecular weight excluding hydrogens is 344 g/mol. The van der Waals surface area contributed by atoms with Crippen LogP contribution in [0, 0.1) is 0 Å². The Hall–Kier alpha value is -2.06. The van der Waals surface area contributed by atoms with E-state index in [9.17, 15) is 9.59 Å². The zero-order chi connectivity index (χ0) is 17.6. The number of hydrogen-bond donors (Lipinski definition) is 0. The lowest BCUT2D eigenvalue weighted by molar-refractivity contribution is -0.145. The number of aliphatic imine (C=N–C) groups is 1. The molecule has 0 N–H and O–H groups in total. The van der Waals surface area contributed by atoms with Crippen LogP contribution in [0.1, 0.15) is 25.8 Å². The Morgan fingerprint density at radius 2 is 2.04 bits per heavy atom. The normalized spacial score (nSPS) is 24.2. The number of carbonyl (C=O) groups excluding carboxylic acids is 2. The highest BCUT2D eigenvalue weighted by Crippen LogP contribution is 2.42. The van der Waals surface area contributed by atoms with Crippen molar-refractivity contribution in [1.29, 1.82) is 0 Å². The molecule has 3 aliphatic heterocycles. The summed E-state index contributed by atoms with van der Waals surface area (Å²) in [6.07, 6.45) is 0.454. The molecule has 2 atom stereocenters. The number of benzene rings is 1. The van der Waals surface area contributed by atoms with Crippen molar-refractivity contribution in [3.8, 4) is 11.5 Å². The fourth-order valence-corrected chi connectivity index (χ4v) is 4.29. The summed E-state index contributed by atoms with van der Waals surface area (Å²) in [7, 11) is 0. The van der Waals surface area contributed by atoms with Crippen LogP contribution in [0.3, 0.4) is 0 Å². The number of hydrogen-bond acceptors (Lipinski definition) is 8. The highest BCUT2D eigenvalue weighted by Gasteiger charge is 2.39. The van der Waals surface area contributed by atoms with Crippen molar-refractivity contribution in [1.82, 2.24) is 4.90 Å². The minimum Gasteiger partial charge on any atom is -0.461 e. The topological polar surface area (TPSA) is 77.4 Å². The Kier molecular flexibility index (Phi) is 4.16. The second-order valence-electron chi connectivity index (χ2n) is 6.29. The maximum absolute atomic E-state index is 11.7. The van der Waals surface area contributed by atoms with E-state index >= 15 is 0 Å². The molecular formula is C17H18N2O5S. The molecule has 132 valence electrons. The average molecular weight is 362 g/mol. The zero-order valence-corrected chi connectivity index (χ0v) is 14.8. The van der Waals surface area contributed by atoms with Gasteiger partial charge in [0.05, 0.1) is 16.8 Å². The van der Waals surface area contributed by atoms with Gasteiger partial charge in [0.2, 0.25) is 6.79 Å². The quantitative estimate of drug-likeness (QED) is 0.709. The van der Waals surface area contributed by atoms with Crippen LogP contribution in [-0.2, 0) is 20.9 Å². The minimum absolute atomic E-state index is 0.0150. The van der Waals surface area contributed by atoms with Crippen molar-refractivity contribution in [2.45, 2.75) is 39.0 Å². The molecule has 0 aliphatic carbocycles. The first-order chi connectivity index (χ1) is 12.0. The van der Waals surface area contributed by atoms with Crippen LogP contribution in [-0.4, -0.2) is 46.5 Å². The minimum atomic E-state index is -0.288. The summed E-state index contributed by atoms with van der Waals surface area (Å²) >= 11 is 1.14. The maximum atomic E-state index is 11.7. The molecule has 1 fully saturated rings. The van der Waals surface area contributed by atoms with Gasteiger partial charge in [-0.2, -0.15) is 0 Å². The van der Waals surface area contributed by atoms with Crippen molar-refractivity contribution in [2.24, 2.45) is 4.99 Å². The van der Waals surface area contributed by atoms with Gasteiger partial charge in [0.1, 0.15) is 6.10 Å². The third-order valence-corrected chi connectivity index (χ3v) is 5.27. The largest absolute Gasteiger partial charge is 0.461 e. The van der Waals surface area contributed by atoms with Crippen molar-refractivity contribution in [2.75, 3.05) is 13.3 Å². The van der Waals surface area contributed by atoms with Gasteiger partial charge in [-0.15, -0.1) is 0 Å². The predicted octanol–water partition coefficient (Wildman–Crippen LogP) is 2.24. The molecule has 0 aromatic heterocycles. The molecule has 1 aromatic rings. The molecule has 0 spiro atoms. The molecule has 7 nitrogen and oxygen atoms in total. The molecule has 4 rings (SSSR count). The first-order valence-electron chi connectivity index (χ1n) is 8.10. The van der Waals surface area contributed by atoms with Crippen LogP contribution in [0.4, 0.5) is 5.69 Å². The van der Waals surface area contributed by atoms with Gasteiger partial charge in [-0.05, 0) is 23.4 Å². The Bertz CT molecular complexity index is 779. The number of rotatable bonds is 1. The highest BCUT2D eigenvalue weighted by molar-refractivity contribution is 8.26. The van der Waals surface area contributed by atoms with Crippen LogP contribution in [0.2, 0.25) is 0 Å². The van der Waals surface area contributed by atoms with Gasteiger partial charge in [0.25, 0.3) is 0 Å². The van der Waals surface area contributed by atoms with Gasteiger partial charge < -0.3 is 14.2 Å². The summed E-state index contributed by atoms with van der Waals surface area (Å²) in [6.45, 7) is 4.42.